The molecule has 1 saturated heterocycles. The van der Waals surface area contributed by atoms with Crippen LogP contribution in [-0.2, 0) is 9.59 Å². The molecule has 1 aliphatic rings. The molecule has 1 unspecified atom stereocenters. The summed E-state index contributed by atoms with van der Waals surface area (Å²) in [4.78, 5) is 35.1. The molecule has 1 aliphatic heterocycles. The highest BCUT2D eigenvalue weighted by atomic mass is 16.4. The second-order valence-electron chi connectivity index (χ2n) is 5.15. The van der Waals surface area contributed by atoms with E-state index in [4.69, 9.17) is 10.2 Å². The Morgan fingerprint density at radius 3 is 2.52 bits per heavy atom. The van der Waals surface area contributed by atoms with Crippen molar-refractivity contribution in [1.29, 1.82) is 0 Å². The number of rotatable bonds is 7. The van der Waals surface area contributed by atoms with Gasteiger partial charge in [0, 0.05) is 13.0 Å². The van der Waals surface area contributed by atoms with E-state index in [0.29, 0.717) is 13.0 Å². The van der Waals surface area contributed by atoms with Crippen molar-refractivity contribution in [2.75, 3.05) is 13.2 Å². The molecule has 0 aromatic rings. The molecule has 21 heavy (non-hydrogen) atoms. The number of carbonyl (C=O) groups is 3. The van der Waals surface area contributed by atoms with Crippen LogP contribution in [0.15, 0.2) is 0 Å². The summed E-state index contributed by atoms with van der Waals surface area (Å²) < 4.78 is 0. The zero-order valence-electron chi connectivity index (χ0n) is 11.8. The molecule has 8 heteroatoms. The molecule has 120 valence electrons. The Labute approximate surface area is 122 Å². The van der Waals surface area contributed by atoms with Crippen LogP contribution in [0.1, 0.15) is 38.5 Å². The first-order valence-corrected chi connectivity index (χ1v) is 7.08. The Kier molecular flexibility index (Phi) is 6.93. The molecule has 1 heterocycles. The number of nitrogens with one attached hydrogen (secondary N) is 1. The van der Waals surface area contributed by atoms with Gasteiger partial charge in [0.25, 0.3) is 0 Å². The van der Waals surface area contributed by atoms with Crippen LogP contribution in [0.4, 0.5) is 4.79 Å². The minimum atomic E-state index is -1.19. The Morgan fingerprint density at radius 2 is 1.95 bits per heavy atom. The average molecular weight is 302 g/mol. The molecular weight excluding hydrogens is 280 g/mol. The van der Waals surface area contributed by atoms with Gasteiger partial charge in [0.1, 0.15) is 6.04 Å². The first-order chi connectivity index (χ1) is 9.95. The second-order valence-corrected chi connectivity index (χ2v) is 5.15. The van der Waals surface area contributed by atoms with E-state index in [1.807, 2.05) is 0 Å². The number of carbonyl (C=O) groups excluding carboxylic acids is 1. The smallest absolute Gasteiger partial charge is 0.326 e. The van der Waals surface area contributed by atoms with Crippen molar-refractivity contribution < 1.29 is 29.7 Å². The van der Waals surface area contributed by atoms with E-state index in [0.717, 1.165) is 12.8 Å². The van der Waals surface area contributed by atoms with Crippen molar-refractivity contribution in [3.8, 4) is 0 Å². The van der Waals surface area contributed by atoms with Gasteiger partial charge >= 0.3 is 18.0 Å². The fraction of sp³-hybridized carbons (Fsp3) is 0.769. The van der Waals surface area contributed by atoms with Crippen molar-refractivity contribution in [1.82, 2.24) is 10.2 Å². The van der Waals surface area contributed by atoms with Crippen LogP contribution in [-0.4, -0.2) is 63.4 Å². The predicted octanol–water partition coefficient (Wildman–Crippen LogP) is 0.251. The Balaban J connectivity index is 2.54. The predicted molar refractivity (Wildman–Crippen MR) is 72.9 cm³/mol. The molecule has 1 rings (SSSR count). The summed E-state index contributed by atoms with van der Waals surface area (Å²) in [5, 5.41) is 29.3. The Hall–Kier alpha value is -1.83. The van der Waals surface area contributed by atoms with E-state index in [2.05, 4.69) is 5.32 Å². The van der Waals surface area contributed by atoms with Crippen LogP contribution in [0.2, 0.25) is 0 Å². The summed E-state index contributed by atoms with van der Waals surface area (Å²) in [6.45, 7) is 0.336. The van der Waals surface area contributed by atoms with Crippen LogP contribution in [0.3, 0.4) is 0 Å². The summed E-state index contributed by atoms with van der Waals surface area (Å²) in [5.74, 6) is -2.19. The van der Waals surface area contributed by atoms with Crippen molar-refractivity contribution in [3.63, 3.8) is 0 Å². The SMILES string of the molecule is O=C(O)CCC[C@@H](NC(=O)N1CCCCC1CO)C(=O)O. The van der Waals surface area contributed by atoms with Gasteiger partial charge in [-0.1, -0.05) is 0 Å². The number of aliphatic carboxylic acids is 2. The third kappa shape index (κ3) is 5.58. The minimum absolute atomic E-state index is 0.0605. The lowest BCUT2D eigenvalue weighted by Crippen LogP contribution is -2.53. The number of aliphatic hydroxyl groups is 1. The molecule has 2 amide bonds. The third-order valence-corrected chi connectivity index (χ3v) is 3.58. The van der Waals surface area contributed by atoms with Gasteiger partial charge in [0.15, 0.2) is 0 Å². The van der Waals surface area contributed by atoms with Crippen molar-refractivity contribution >= 4 is 18.0 Å². The molecule has 0 spiro atoms. The maximum atomic E-state index is 12.1. The zero-order chi connectivity index (χ0) is 15.8. The molecule has 2 atom stereocenters. The summed E-state index contributed by atoms with van der Waals surface area (Å²) in [6, 6.07) is -1.91. The highest BCUT2D eigenvalue weighted by Gasteiger charge is 2.29. The fourth-order valence-electron chi connectivity index (χ4n) is 2.40. The largest absolute Gasteiger partial charge is 0.481 e. The molecule has 4 N–H and O–H groups in total. The zero-order valence-corrected chi connectivity index (χ0v) is 11.8. The normalized spacial score (nSPS) is 19.9. The van der Waals surface area contributed by atoms with Crippen LogP contribution < -0.4 is 5.32 Å². The molecule has 0 aliphatic carbocycles. The van der Waals surface area contributed by atoms with Gasteiger partial charge in [-0.15, -0.1) is 0 Å². The molecule has 8 nitrogen and oxygen atoms in total. The first kappa shape index (κ1) is 17.2. The maximum absolute atomic E-state index is 12.1. The topological polar surface area (TPSA) is 127 Å². The van der Waals surface area contributed by atoms with Gasteiger partial charge in [0.05, 0.1) is 12.6 Å². The number of urea groups is 1. The van der Waals surface area contributed by atoms with E-state index in [9.17, 15) is 19.5 Å². The van der Waals surface area contributed by atoms with Gasteiger partial charge in [-0.05, 0) is 32.1 Å². The number of amides is 2. The minimum Gasteiger partial charge on any atom is -0.481 e. The van der Waals surface area contributed by atoms with Gasteiger partial charge < -0.3 is 25.5 Å². The van der Waals surface area contributed by atoms with Crippen LogP contribution in [0.5, 0.6) is 0 Å². The Morgan fingerprint density at radius 1 is 1.24 bits per heavy atom. The van der Waals surface area contributed by atoms with Crippen LogP contribution in [0, 0.1) is 0 Å². The highest BCUT2D eigenvalue weighted by Crippen LogP contribution is 2.17. The summed E-state index contributed by atoms with van der Waals surface area (Å²) >= 11 is 0. The second kappa shape index (κ2) is 8.46. The lowest BCUT2D eigenvalue weighted by Gasteiger charge is -2.35. The number of likely N-dealkylation sites (tertiary alicyclic amines) is 1. The monoisotopic (exact) mass is 302 g/mol. The molecule has 1 fully saturated rings. The number of carboxylic acid groups (broad SMARTS) is 2. The number of hydrogen-bond acceptors (Lipinski definition) is 4. The standard InChI is InChI=1S/C13H22N2O6/c16-8-9-4-1-2-7-15(9)13(21)14-10(12(19)20)5-3-6-11(17)18/h9-10,16H,1-8H2,(H,14,21)(H,17,18)(H,19,20)/t9?,10-/m1/s1. The first-order valence-electron chi connectivity index (χ1n) is 7.08. The van der Waals surface area contributed by atoms with Crippen molar-refractivity contribution in [3.05, 3.63) is 0 Å². The van der Waals surface area contributed by atoms with Crippen LogP contribution >= 0.6 is 0 Å². The van der Waals surface area contributed by atoms with E-state index < -0.39 is 24.0 Å². The fourth-order valence-corrected chi connectivity index (χ4v) is 2.40. The molecule has 0 aromatic heterocycles. The van der Waals surface area contributed by atoms with Crippen molar-refractivity contribution in [2.45, 2.75) is 50.6 Å². The maximum Gasteiger partial charge on any atom is 0.326 e. The van der Waals surface area contributed by atoms with Crippen molar-refractivity contribution in [2.24, 2.45) is 0 Å². The lowest BCUT2D eigenvalue weighted by atomic mass is 10.0. The molecule has 0 radical (unpaired) electrons. The highest BCUT2D eigenvalue weighted by molar-refractivity contribution is 5.82. The quantitative estimate of drug-likeness (QED) is 0.534. The molecule has 0 bridgehead atoms. The number of nitrogens with zero attached hydrogens (tertiary/aromatic N) is 1. The molecular formula is C13H22N2O6. The molecule has 0 saturated carbocycles. The van der Waals surface area contributed by atoms with E-state index in [-0.39, 0.29) is 31.9 Å². The van der Waals surface area contributed by atoms with E-state index in [1.165, 1.54) is 4.90 Å². The lowest BCUT2D eigenvalue weighted by molar-refractivity contribution is -0.140. The summed E-state index contributed by atoms with van der Waals surface area (Å²) in [5.41, 5.74) is 0. The number of hydrogen-bond donors (Lipinski definition) is 4. The average Bonchev–Trinajstić information content (AvgIpc) is 2.45. The van der Waals surface area contributed by atoms with Gasteiger partial charge in [-0.3, -0.25) is 4.79 Å². The van der Waals surface area contributed by atoms with Gasteiger partial charge in [-0.25, -0.2) is 9.59 Å². The number of aliphatic hydroxyl groups excluding tert-OH is 1. The van der Waals surface area contributed by atoms with Crippen LogP contribution in [0.25, 0.3) is 0 Å². The molecule has 0 aromatic carbocycles. The van der Waals surface area contributed by atoms with Gasteiger partial charge in [-0.2, -0.15) is 0 Å². The number of carboxylic acids is 2. The van der Waals surface area contributed by atoms with Gasteiger partial charge in [0.2, 0.25) is 0 Å². The van der Waals surface area contributed by atoms with E-state index in [1.54, 1.807) is 0 Å². The number of piperidine rings is 1. The summed E-state index contributed by atoms with van der Waals surface area (Å²) in [7, 11) is 0. The summed E-state index contributed by atoms with van der Waals surface area (Å²) in [6.07, 6.45) is 2.54. The van der Waals surface area contributed by atoms with E-state index >= 15 is 0 Å². The third-order valence-electron chi connectivity index (χ3n) is 3.58. The Bertz CT molecular complexity index is 387.